The van der Waals surface area contributed by atoms with Crippen LogP contribution in [-0.4, -0.2) is 43.3 Å². The van der Waals surface area contributed by atoms with Crippen LogP contribution < -0.4 is 9.62 Å². The van der Waals surface area contributed by atoms with E-state index < -0.39 is 40.0 Å². The lowest BCUT2D eigenvalue weighted by molar-refractivity contribution is -0.140. The highest BCUT2D eigenvalue weighted by Gasteiger charge is 2.34. The van der Waals surface area contributed by atoms with Gasteiger partial charge in [0.05, 0.1) is 10.6 Å². The molecule has 11 heteroatoms. The highest BCUT2D eigenvalue weighted by molar-refractivity contribution is 7.92. The Morgan fingerprint density at radius 1 is 0.925 bits per heavy atom. The van der Waals surface area contributed by atoms with Gasteiger partial charge in [0, 0.05) is 27.2 Å². The van der Waals surface area contributed by atoms with Crippen molar-refractivity contribution in [3.63, 3.8) is 0 Å². The summed E-state index contributed by atoms with van der Waals surface area (Å²) in [5.41, 5.74) is 0.847. The fourth-order valence-electron chi connectivity index (χ4n) is 4.02. The summed E-state index contributed by atoms with van der Waals surface area (Å²) in [6.45, 7) is 8.17. The Bertz CT molecular complexity index is 1490. The molecule has 0 aliphatic rings. The minimum absolute atomic E-state index is 0.0166. The number of rotatable bonds is 9. The van der Waals surface area contributed by atoms with Gasteiger partial charge >= 0.3 is 0 Å². The van der Waals surface area contributed by atoms with Crippen LogP contribution in [0.3, 0.4) is 0 Å². The van der Waals surface area contributed by atoms with E-state index in [1.165, 1.54) is 17.0 Å². The topological polar surface area (TPSA) is 86.8 Å². The second-order valence-electron chi connectivity index (χ2n) is 10.4. The normalized spacial score (nSPS) is 12.5. The monoisotopic (exact) mass is 623 g/mol. The number of carbonyl (C=O) groups is 2. The number of aryl methyl sites for hydroxylation is 1. The van der Waals surface area contributed by atoms with Gasteiger partial charge in [-0.2, -0.15) is 0 Å². The third kappa shape index (κ3) is 7.91. The van der Waals surface area contributed by atoms with Crippen LogP contribution in [0.25, 0.3) is 0 Å². The minimum atomic E-state index is -4.18. The van der Waals surface area contributed by atoms with Crippen molar-refractivity contribution < 1.29 is 18.0 Å². The van der Waals surface area contributed by atoms with E-state index in [9.17, 15) is 18.0 Å². The number of anilines is 1. The molecule has 0 radical (unpaired) electrons. The lowest BCUT2D eigenvalue weighted by atomic mass is 10.1. The Kier molecular flexibility index (Phi) is 10.2. The number of amides is 2. The van der Waals surface area contributed by atoms with Crippen LogP contribution in [0, 0.1) is 6.92 Å². The van der Waals surface area contributed by atoms with Gasteiger partial charge in [-0.05, 0) is 88.2 Å². The maximum Gasteiger partial charge on any atom is 0.264 e. The number of benzene rings is 3. The molecule has 0 aromatic heterocycles. The number of halogens is 3. The smallest absolute Gasteiger partial charge is 0.264 e. The summed E-state index contributed by atoms with van der Waals surface area (Å²) in [5.74, 6) is -0.998. The number of hydrogen-bond donors (Lipinski definition) is 1. The molecule has 214 valence electrons. The molecular formula is C29H32Cl3N3O4S. The second kappa shape index (κ2) is 12.8. The number of nitrogens with one attached hydrogen (secondary N) is 1. The fourth-order valence-corrected chi connectivity index (χ4v) is 6.22. The van der Waals surface area contributed by atoms with Crippen molar-refractivity contribution in [3.8, 4) is 0 Å². The zero-order valence-corrected chi connectivity index (χ0v) is 26.0. The molecule has 1 atom stereocenters. The second-order valence-corrected chi connectivity index (χ2v) is 13.6. The van der Waals surface area contributed by atoms with Gasteiger partial charge in [-0.3, -0.25) is 13.9 Å². The van der Waals surface area contributed by atoms with Gasteiger partial charge in [0.2, 0.25) is 11.8 Å². The Hall–Kier alpha value is -2.78. The predicted molar refractivity (Wildman–Crippen MR) is 162 cm³/mol. The maximum absolute atomic E-state index is 14.0. The molecule has 7 nitrogen and oxygen atoms in total. The van der Waals surface area contributed by atoms with Gasteiger partial charge in [0.25, 0.3) is 10.0 Å². The molecule has 3 rings (SSSR count). The lowest BCUT2D eigenvalue weighted by Gasteiger charge is -2.34. The number of carbonyl (C=O) groups excluding carboxylic acids is 2. The molecule has 0 spiro atoms. The first-order valence-electron chi connectivity index (χ1n) is 12.5. The van der Waals surface area contributed by atoms with Crippen LogP contribution in [0.1, 0.15) is 38.8 Å². The molecule has 1 N–H and O–H groups in total. The molecule has 0 saturated carbocycles. The Balaban J connectivity index is 2.08. The summed E-state index contributed by atoms with van der Waals surface area (Å²) >= 11 is 18.6. The third-order valence-electron chi connectivity index (χ3n) is 6.06. The zero-order valence-electron chi connectivity index (χ0n) is 22.9. The molecule has 0 unspecified atom stereocenters. The van der Waals surface area contributed by atoms with Crippen LogP contribution in [0.4, 0.5) is 5.69 Å². The van der Waals surface area contributed by atoms with Crippen molar-refractivity contribution in [2.75, 3.05) is 10.8 Å². The first-order valence-corrected chi connectivity index (χ1v) is 15.1. The first kappa shape index (κ1) is 31.7. The van der Waals surface area contributed by atoms with E-state index in [1.54, 1.807) is 68.4 Å². The van der Waals surface area contributed by atoms with Crippen LogP contribution in [0.2, 0.25) is 15.1 Å². The Morgan fingerprint density at radius 3 is 2.10 bits per heavy atom. The van der Waals surface area contributed by atoms with E-state index in [0.29, 0.717) is 26.2 Å². The standard InChI is InChI=1S/C29H32Cl3N3O4S/c1-19-15-22(30)13-14-26(19)35(40(38,39)24-9-7-6-8-10-24)18-27(36)34(20(2)28(37)33-29(3,4)5)17-21-11-12-23(31)16-25(21)32/h6-16,20H,17-18H2,1-5H3,(H,33,37)/t20-/m0/s1. The van der Waals surface area contributed by atoms with Gasteiger partial charge in [-0.25, -0.2) is 8.42 Å². The summed E-state index contributed by atoms with van der Waals surface area (Å²) in [5, 5.41) is 4.05. The van der Waals surface area contributed by atoms with Crippen LogP contribution in [0.15, 0.2) is 71.6 Å². The zero-order chi connectivity index (χ0) is 29.8. The summed E-state index contributed by atoms with van der Waals surface area (Å²) in [6.07, 6.45) is 0. The fraction of sp³-hybridized carbons (Fsp3) is 0.310. The highest BCUT2D eigenvalue weighted by Crippen LogP contribution is 2.30. The lowest BCUT2D eigenvalue weighted by Crippen LogP contribution is -2.54. The van der Waals surface area contributed by atoms with Crippen LogP contribution in [0.5, 0.6) is 0 Å². The molecule has 0 aliphatic carbocycles. The maximum atomic E-state index is 14.0. The third-order valence-corrected chi connectivity index (χ3v) is 8.65. The minimum Gasteiger partial charge on any atom is -0.350 e. The predicted octanol–water partition coefficient (Wildman–Crippen LogP) is 6.48. The molecule has 2 amide bonds. The summed E-state index contributed by atoms with van der Waals surface area (Å²) < 4.78 is 28.8. The van der Waals surface area contributed by atoms with Gasteiger partial charge in [0.1, 0.15) is 12.6 Å². The van der Waals surface area contributed by atoms with Gasteiger partial charge in [-0.15, -0.1) is 0 Å². The van der Waals surface area contributed by atoms with Gasteiger partial charge in [0.15, 0.2) is 0 Å². The average molecular weight is 625 g/mol. The molecule has 0 aliphatic heterocycles. The molecule has 0 fully saturated rings. The summed E-state index contributed by atoms with van der Waals surface area (Å²) in [6, 6.07) is 16.5. The van der Waals surface area contributed by atoms with Crippen molar-refractivity contribution in [3.05, 3.63) is 92.9 Å². The summed E-state index contributed by atoms with van der Waals surface area (Å²) in [4.78, 5) is 28.5. The Labute approximate surface area is 251 Å². The SMILES string of the molecule is Cc1cc(Cl)ccc1N(CC(=O)N(Cc1ccc(Cl)cc1Cl)[C@@H](C)C(=O)NC(C)(C)C)S(=O)(=O)c1ccccc1. The van der Waals surface area contributed by atoms with E-state index in [4.69, 9.17) is 34.8 Å². The van der Waals surface area contributed by atoms with Crippen molar-refractivity contribution in [1.82, 2.24) is 10.2 Å². The Morgan fingerprint density at radius 2 is 1.52 bits per heavy atom. The van der Waals surface area contributed by atoms with Crippen LogP contribution >= 0.6 is 34.8 Å². The molecule has 0 saturated heterocycles. The number of nitrogens with zero attached hydrogens (tertiary/aromatic N) is 2. The van der Waals surface area contributed by atoms with E-state index in [-0.39, 0.29) is 17.1 Å². The van der Waals surface area contributed by atoms with E-state index in [2.05, 4.69) is 5.32 Å². The molecule has 0 heterocycles. The largest absolute Gasteiger partial charge is 0.350 e. The van der Waals surface area contributed by atoms with Crippen molar-refractivity contribution in [2.24, 2.45) is 0 Å². The quantitative estimate of drug-likeness (QED) is 0.295. The van der Waals surface area contributed by atoms with Crippen LogP contribution in [-0.2, 0) is 26.2 Å². The van der Waals surface area contributed by atoms with Gasteiger partial charge < -0.3 is 10.2 Å². The van der Waals surface area contributed by atoms with E-state index in [1.807, 2.05) is 20.8 Å². The van der Waals surface area contributed by atoms with E-state index >= 15 is 0 Å². The van der Waals surface area contributed by atoms with Crippen molar-refractivity contribution in [2.45, 2.75) is 57.6 Å². The first-order chi connectivity index (χ1) is 18.6. The van der Waals surface area contributed by atoms with Crippen molar-refractivity contribution >= 4 is 62.3 Å². The molecule has 40 heavy (non-hydrogen) atoms. The van der Waals surface area contributed by atoms with E-state index in [0.717, 1.165) is 4.31 Å². The van der Waals surface area contributed by atoms with Gasteiger partial charge in [-0.1, -0.05) is 59.1 Å². The molecule has 3 aromatic rings. The number of sulfonamides is 1. The number of hydrogen-bond acceptors (Lipinski definition) is 4. The summed E-state index contributed by atoms with van der Waals surface area (Å²) in [7, 11) is -4.18. The average Bonchev–Trinajstić information content (AvgIpc) is 2.86. The molecule has 0 bridgehead atoms. The highest BCUT2D eigenvalue weighted by atomic mass is 35.5. The molecule has 3 aromatic carbocycles. The van der Waals surface area contributed by atoms with Crippen molar-refractivity contribution in [1.29, 1.82) is 0 Å². The molecular weight excluding hydrogens is 593 g/mol.